The van der Waals surface area contributed by atoms with E-state index in [1.165, 1.54) is 31.9 Å². The fourth-order valence-electron chi connectivity index (χ4n) is 6.73. The Kier molecular flexibility index (Phi) is 5.00. The van der Waals surface area contributed by atoms with Gasteiger partial charge in [0.2, 0.25) is 5.95 Å². The van der Waals surface area contributed by atoms with Crippen LogP contribution in [0.15, 0.2) is 6.20 Å². The molecule has 7 heteroatoms. The first-order valence-corrected chi connectivity index (χ1v) is 11.3. The Morgan fingerprint density at radius 3 is 2.41 bits per heavy atom. The van der Waals surface area contributed by atoms with E-state index in [4.69, 9.17) is 0 Å². The van der Waals surface area contributed by atoms with E-state index in [-0.39, 0.29) is 23.6 Å². The number of hydrogen-bond acceptors (Lipinski definition) is 4. The number of hydrogen-bond donors (Lipinski definition) is 1. The highest BCUT2D eigenvalue weighted by Crippen LogP contribution is 2.53. The van der Waals surface area contributed by atoms with Crippen LogP contribution < -0.4 is 5.32 Å². The molecule has 5 fully saturated rings. The van der Waals surface area contributed by atoms with Crippen LogP contribution in [-0.2, 0) is 12.7 Å². The lowest BCUT2D eigenvalue weighted by atomic mass is 9.65. The molecule has 6 rings (SSSR count). The second-order valence-electron chi connectivity index (χ2n) is 10.1. The normalized spacial score (nSPS) is 34.9. The van der Waals surface area contributed by atoms with Gasteiger partial charge in [-0.15, -0.1) is 0 Å². The predicted octanol–water partition coefficient (Wildman–Crippen LogP) is 5.25. The molecular weight excluding hydrogens is 377 g/mol. The van der Waals surface area contributed by atoms with Gasteiger partial charge in [-0.05, 0) is 88.6 Å². The van der Waals surface area contributed by atoms with Crippen molar-refractivity contribution in [3.63, 3.8) is 0 Å². The molecule has 5 aliphatic rings. The summed E-state index contributed by atoms with van der Waals surface area (Å²) < 4.78 is 41.4. The van der Waals surface area contributed by atoms with Gasteiger partial charge in [0.1, 0.15) is 0 Å². The smallest absolute Gasteiger partial charge is 0.349 e. The second kappa shape index (κ2) is 7.40. The van der Waals surface area contributed by atoms with Crippen LogP contribution >= 0.6 is 0 Å². The Morgan fingerprint density at radius 2 is 1.72 bits per heavy atom. The molecule has 4 bridgehead atoms. The molecule has 160 valence electrons. The van der Waals surface area contributed by atoms with E-state index in [0.29, 0.717) is 11.8 Å². The van der Waals surface area contributed by atoms with Crippen LogP contribution in [0.25, 0.3) is 0 Å². The quantitative estimate of drug-likeness (QED) is 0.739. The first kappa shape index (κ1) is 19.6. The molecule has 4 aliphatic carbocycles. The molecule has 1 N–H and O–H groups in total. The monoisotopic (exact) mass is 408 g/mol. The number of likely N-dealkylation sites (tertiary alicyclic amines) is 1. The van der Waals surface area contributed by atoms with Gasteiger partial charge in [0, 0.05) is 23.8 Å². The molecular formula is C22H31F3N4. The van der Waals surface area contributed by atoms with Gasteiger partial charge in [0.15, 0.2) is 5.69 Å². The highest BCUT2D eigenvalue weighted by Gasteiger charge is 2.48. The summed E-state index contributed by atoms with van der Waals surface area (Å²) in [5.74, 6) is 2.40. The van der Waals surface area contributed by atoms with Crippen molar-refractivity contribution in [3.05, 3.63) is 17.5 Å². The van der Waals surface area contributed by atoms with Crippen molar-refractivity contribution in [2.45, 2.75) is 82.5 Å². The third kappa shape index (κ3) is 4.12. The van der Waals surface area contributed by atoms with Gasteiger partial charge in [-0.25, -0.2) is 9.97 Å². The number of nitrogens with one attached hydrogen (secondary N) is 1. The third-order valence-corrected chi connectivity index (χ3v) is 7.74. The van der Waals surface area contributed by atoms with Crippen molar-refractivity contribution in [2.75, 3.05) is 18.4 Å². The van der Waals surface area contributed by atoms with E-state index in [1.54, 1.807) is 0 Å². The molecule has 0 spiro atoms. The maximum atomic E-state index is 13.8. The van der Waals surface area contributed by atoms with Crippen LogP contribution in [0.5, 0.6) is 0 Å². The molecule has 0 aromatic carbocycles. The van der Waals surface area contributed by atoms with Gasteiger partial charge in [0.05, 0.1) is 0 Å². The summed E-state index contributed by atoms with van der Waals surface area (Å²) in [6, 6.07) is 0. The maximum absolute atomic E-state index is 13.8. The molecule has 4 saturated carbocycles. The topological polar surface area (TPSA) is 41.1 Å². The summed E-state index contributed by atoms with van der Waals surface area (Å²) in [5, 5.41) is 3.43. The van der Waals surface area contributed by atoms with Crippen molar-refractivity contribution in [2.24, 2.45) is 17.8 Å². The highest BCUT2D eigenvalue weighted by atomic mass is 19.4. The maximum Gasteiger partial charge on any atom is 0.433 e. The minimum Gasteiger partial charge on any atom is -0.349 e. The number of nitrogens with zero attached hydrogens (tertiary/aromatic N) is 3. The first-order valence-electron chi connectivity index (χ1n) is 11.3. The van der Waals surface area contributed by atoms with Crippen LogP contribution in [0, 0.1) is 17.8 Å². The van der Waals surface area contributed by atoms with Gasteiger partial charge in [-0.2, -0.15) is 13.2 Å². The molecule has 2 atom stereocenters. The van der Waals surface area contributed by atoms with E-state index in [9.17, 15) is 13.2 Å². The van der Waals surface area contributed by atoms with Crippen molar-refractivity contribution >= 4 is 5.95 Å². The molecule has 1 aromatic heterocycles. The third-order valence-electron chi connectivity index (χ3n) is 7.74. The zero-order valence-corrected chi connectivity index (χ0v) is 17.0. The number of piperidine rings is 1. The summed E-state index contributed by atoms with van der Waals surface area (Å²) in [5.41, 5.74) is -0.676. The molecule has 2 heterocycles. The molecule has 1 saturated heterocycles. The standard InChI is InChI=1S/C22H31F3N4/c23-22(24,25)19-18(14-29-6-2-1-3-7-29)13-26-20(27-19)28-21-5-4-15-8-16(11-21)10-17(9-15)12-21/h13,15-17H,1-12,14H2,(H,26,27,28). The van der Waals surface area contributed by atoms with Gasteiger partial charge >= 0.3 is 6.18 Å². The van der Waals surface area contributed by atoms with Crippen molar-refractivity contribution in [1.82, 2.24) is 14.9 Å². The summed E-state index contributed by atoms with van der Waals surface area (Å²) in [7, 11) is 0. The Bertz CT molecular complexity index is 730. The van der Waals surface area contributed by atoms with E-state index in [1.807, 2.05) is 0 Å². The average Bonchev–Trinajstić information content (AvgIpc) is 2.86. The van der Waals surface area contributed by atoms with Crippen molar-refractivity contribution < 1.29 is 13.2 Å². The van der Waals surface area contributed by atoms with E-state index >= 15 is 0 Å². The summed E-state index contributed by atoms with van der Waals surface area (Å²) in [6.07, 6.45) is 8.43. The molecule has 2 unspecified atom stereocenters. The number of rotatable bonds is 4. The summed E-state index contributed by atoms with van der Waals surface area (Å²) in [4.78, 5) is 10.5. The minimum atomic E-state index is -4.46. The Labute approximate surface area is 170 Å². The molecule has 0 radical (unpaired) electrons. The molecule has 1 aromatic rings. The Morgan fingerprint density at radius 1 is 1.03 bits per heavy atom. The molecule has 29 heavy (non-hydrogen) atoms. The average molecular weight is 409 g/mol. The van der Waals surface area contributed by atoms with Crippen LogP contribution in [0.2, 0.25) is 0 Å². The SMILES string of the molecule is FC(F)(F)c1nc(NC23CCC4CC(CC(C4)C2)C3)ncc1CN1CCCCC1. The minimum absolute atomic E-state index is 0.115. The first-order chi connectivity index (χ1) is 13.9. The Balaban J connectivity index is 1.39. The second-order valence-corrected chi connectivity index (χ2v) is 10.1. The van der Waals surface area contributed by atoms with Crippen molar-refractivity contribution in [1.29, 1.82) is 0 Å². The number of fused-ring (bicyclic) bond motifs is 1. The molecule has 1 aliphatic heterocycles. The summed E-state index contributed by atoms with van der Waals surface area (Å²) >= 11 is 0. The highest BCUT2D eigenvalue weighted by molar-refractivity contribution is 5.35. The van der Waals surface area contributed by atoms with Gasteiger partial charge in [0.25, 0.3) is 0 Å². The van der Waals surface area contributed by atoms with Crippen LogP contribution in [-0.4, -0.2) is 33.5 Å². The van der Waals surface area contributed by atoms with Crippen molar-refractivity contribution in [3.8, 4) is 0 Å². The lowest BCUT2D eigenvalue weighted by Gasteiger charge is -2.45. The fraction of sp³-hybridized carbons (Fsp3) is 0.818. The number of halogens is 3. The van der Waals surface area contributed by atoms with Gasteiger partial charge in [-0.3, -0.25) is 4.90 Å². The number of aromatic nitrogens is 2. The number of anilines is 1. The largest absolute Gasteiger partial charge is 0.433 e. The lowest BCUT2D eigenvalue weighted by molar-refractivity contribution is -0.142. The summed E-state index contributed by atoms with van der Waals surface area (Å²) in [6.45, 7) is 1.99. The fourth-order valence-corrected chi connectivity index (χ4v) is 6.73. The van der Waals surface area contributed by atoms with Gasteiger partial charge in [-0.1, -0.05) is 6.42 Å². The Hall–Kier alpha value is -1.37. The van der Waals surface area contributed by atoms with Crippen LogP contribution in [0.4, 0.5) is 19.1 Å². The molecule has 0 amide bonds. The van der Waals surface area contributed by atoms with Crippen LogP contribution in [0.3, 0.4) is 0 Å². The lowest BCUT2D eigenvalue weighted by Crippen LogP contribution is -2.45. The van der Waals surface area contributed by atoms with E-state index in [2.05, 4.69) is 20.2 Å². The number of alkyl halides is 3. The van der Waals surface area contributed by atoms with E-state index in [0.717, 1.165) is 57.5 Å². The molecule has 4 nitrogen and oxygen atoms in total. The zero-order chi connectivity index (χ0) is 20.1. The van der Waals surface area contributed by atoms with Crippen LogP contribution in [0.1, 0.15) is 75.5 Å². The van der Waals surface area contributed by atoms with Gasteiger partial charge < -0.3 is 5.32 Å². The zero-order valence-electron chi connectivity index (χ0n) is 17.0. The van der Waals surface area contributed by atoms with E-state index < -0.39 is 11.9 Å². The predicted molar refractivity (Wildman–Crippen MR) is 105 cm³/mol.